The summed E-state index contributed by atoms with van der Waals surface area (Å²) in [7, 11) is 0. The van der Waals surface area contributed by atoms with Crippen LogP contribution in [0.4, 0.5) is 0 Å². The molecule has 2 unspecified atom stereocenters. The standard InChI is InChI=1S/2C19H19.C2H7Si.Ti/c2*1-2-3-9-17-14-16-12-7-8-13-18(16)19(17)15-10-5-4-6-11-15;1-3-2;/h2*4-8,10-14H,2-3,9H2,1H3;3H,1-2H3;. The molecule has 0 N–H and O–H groups in total. The van der Waals surface area contributed by atoms with Crippen molar-refractivity contribution in [3.63, 3.8) is 0 Å². The fourth-order valence-corrected chi connectivity index (χ4v) is 28.0. The van der Waals surface area contributed by atoms with Crippen LogP contribution in [0.2, 0.25) is 13.1 Å². The molecular formula is C40H45SiTi. The number of rotatable bonds is 11. The Bertz CT molecular complexity index is 1470. The van der Waals surface area contributed by atoms with E-state index in [4.69, 9.17) is 0 Å². The number of allylic oxidation sites excluding steroid dienone is 2. The van der Waals surface area contributed by atoms with E-state index in [2.05, 4.69) is 148 Å². The molecule has 0 amide bonds. The number of hydrogen-bond donors (Lipinski definition) is 0. The normalized spacial score (nSPS) is 20.7. The average molecular weight is 602 g/mol. The molecule has 0 nitrogen and oxygen atoms in total. The quantitative estimate of drug-likeness (QED) is 0.150. The first kappa shape index (κ1) is 29.4. The van der Waals surface area contributed by atoms with Gasteiger partial charge in [-0.15, -0.1) is 0 Å². The van der Waals surface area contributed by atoms with Crippen LogP contribution in [-0.4, -0.2) is 6.66 Å². The summed E-state index contributed by atoms with van der Waals surface area (Å²) in [5, 5.41) is 0. The molecule has 2 aliphatic carbocycles. The third-order valence-corrected chi connectivity index (χ3v) is 25.2. The van der Waals surface area contributed by atoms with Gasteiger partial charge in [0.15, 0.2) is 0 Å². The van der Waals surface area contributed by atoms with E-state index >= 15 is 0 Å². The average Bonchev–Trinajstić information content (AvgIpc) is 3.53. The first-order valence-corrected chi connectivity index (χ1v) is 23.3. The van der Waals surface area contributed by atoms with Gasteiger partial charge in [0.25, 0.3) is 0 Å². The molecule has 42 heavy (non-hydrogen) atoms. The molecule has 4 aromatic rings. The van der Waals surface area contributed by atoms with Crippen LogP contribution in [0.25, 0.3) is 12.2 Å². The monoisotopic (exact) mass is 601 g/mol. The minimum absolute atomic E-state index is 0.0218. The molecule has 2 atom stereocenters. The summed E-state index contributed by atoms with van der Waals surface area (Å²) in [6, 6.07) is 42.5. The van der Waals surface area contributed by atoms with Crippen LogP contribution in [0.5, 0.6) is 0 Å². The number of unbranched alkanes of at least 4 members (excludes halogenated alkanes) is 2. The van der Waals surface area contributed by atoms with Crippen molar-refractivity contribution in [3.8, 4) is 0 Å². The van der Waals surface area contributed by atoms with Crippen molar-refractivity contribution in [2.24, 2.45) is 0 Å². The van der Waals surface area contributed by atoms with Gasteiger partial charge >= 0.3 is 263 Å². The Balaban J connectivity index is 1.77. The van der Waals surface area contributed by atoms with Gasteiger partial charge < -0.3 is 0 Å². The topological polar surface area (TPSA) is 0 Å². The summed E-state index contributed by atoms with van der Waals surface area (Å²) >= 11 is -2.25. The maximum atomic E-state index is 2.71. The van der Waals surface area contributed by atoms with Gasteiger partial charge in [0.05, 0.1) is 0 Å². The number of benzene rings is 4. The van der Waals surface area contributed by atoms with Gasteiger partial charge in [-0.05, 0) is 0 Å². The molecule has 0 fully saturated rings. The van der Waals surface area contributed by atoms with Crippen LogP contribution in [0.15, 0.2) is 120 Å². The molecular weight excluding hydrogens is 556 g/mol. The van der Waals surface area contributed by atoms with E-state index < -0.39 is 23.8 Å². The summed E-state index contributed by atoms with van der Waals surface area (Å²) in [6.07, 6.45) is 12.6. The Kier molecular flexibility index (Phi) is 8.73. The zero-order chi connectivity index (χ0) is 29.2. The zero-order valence-corrected chi connectivity index (χ0v) is 28.6. The first-order chi connectivity index (χ1) is 20.6. The molecule has 0 saturated carbocycles. The van der Waals surface area contributed by atoms with Crippen LogP contribution in [-0.2, 0) is 24.6 Å². The fourth-order valence-electron chi connectivity index (χ4n) is 8.27. The van der Waals surface area contributed by atoms with Crippen LogP contribution in [0, 0.1) is 0 Å². The van der Waals surface area contributed by atoms with Gasteiger partial charge in [0.2, 0.25) is 0 Å². The van der Waals surface area contributed by atoms with E-state index in [0.29, 0.717) is 0 Å². The zero-order valence-electron chi connectivity index (χ0n) is 25.9. The third-order valence-electron chi connectivity index (χ3n) is 9.75. The third kappa shape index (κ3) is 4.60. The predicted molar refractivity (Wildman–Crippen MR) is 181 cm³/mol. The molecule has 0 aliphatic heterocycles. The van der Waals surface area contributed by atoms with Crippen molar-refractivity contribution in [1.29, 1.82) is 0 Å². The van der Waals surface area contributed by atoms with Crippen LogP contribution in [0.3, 0.4) is 0 Å². The van der Waals surface area contributed by atoms with Gasteiger partial charge in [0, 0.05) is 0 Å². The SMILES string of the molecule is CCCCC1=Cc2ccccc2[C]1(c1ccccc1)[Ti]([SiH](C)C)[C]1(c2ccccc2)C(CCCC)=Cc2ccccc21. The molecule has 0 saturated heterocycles. The molecule has 0 aromatic heterocycles. The summed E-state index contributed by atoms with van der Waals surface area (Å²) in [5.74, 6) is 0. The number of hydrogen-bond acceptors (Lipinski definition) is 0. The van der Waals surface area contributed by atoms with Crippen LogP contribution in [0.1, 0.15) is 85.8 Å². The van der Waals surface area contributed by atoms with Crippen molar-refractivity contribution in [2.75, 3.05) is 0 Å². The van der Waals surface area contributed by atoms with Crippen molar-refractivity contribution >= 4 is 18.8 Å². The van der Waals surface area contributed by atoms with E-state index in [1.807, 2.05) is 0 Å². The molecule has 0 spiro atoms. The summed E-state index contributed by atoms with van der Waals surface area (Å²) in [5.41, 5.74) is 12.6. The fraction of sp³-hybridized carbons (Fsp3) is 0.300. The van der Waals surface area contributed by atoms with Gasteiger partial charge in [-0.1, -0.05) is 0 Å². The molecule has 0 radical (unpaired) electrons. The van der Waals surface area contributed by atoms with Gasteiger partial charge in [-0.25, -0.2) is 0 Å². The Labute approximate surface area is 261 Å². The van der Waals surface area contributed by atoms with Crippen molar-refractivity contribution < 1.29 is 17.1 Å². The van der Waals surface area contributed by atoms with Gasteiger partial charge in [-0.2, -0.15) is 0 Å². The molecule has 4 aromatic carbocycles. The molecule has 0 bridgehead atoms. The molecule has 2 aliphatic rings. The van der Waals surface area contributed by atoms with Crippen LogP contribution >= 0.6 is 0 Å². The minimum atomic E-state index is -2.25. The van der Waals surface area contributed by atoms with Crippen molar-refractivity contribution in [1.82, 2.24) is 0 Å². The molecule has 2 heteroatoms. The van der Waals surface area contributed by atoms with Crippen molar-refractivity contribution in [3.05, 3.63) is 154 Å². The van der Waals surface area contributed by atoms with E-state index in [-0.39, 0.29) is 7.44 Å². The Morgan fingerprint density at radius 2 is 0.905 bits per heavy atom. The van der Waals surface area contributed by atoms with Gasteiger partial charge in [-0.3, -0.25) is 0 Å². The maximum absolute atomic E-state index is 2.71. The second-order valence-electron chi connectivity index (χ2n) is 12.5. The van der Waals surface area contributed by atoms with E-state index in [1.165, 1.54) is 49.7 Å². The Morgan fingerprint density at radius 3 is 1.29 bits per heavy atom. The predicted octanol–water partition coefficient (Wildman–Crippen LogP) is 10.6. The molecule has 0 heterocycles. The van der Waals surface area contributed by atoms with E-state index in [9.17, 15) is 0 Å². The summed E-state index contributed by atoms with van der Waals surface area (Å²) < 4.78 is -0.0436. The van der Waals surface area contributed by atoms with Crippen molar-refractivity contribution in [2.45, 2.75) is 72.9 Å². The van der Waals surface area contributed by atoms with E-state index in [0.717, 1.165) is 0 Å². The molecule has 213 valence electrons. The van der Waals surface area contributed by atoms with Gasteiger partial charge in [0.1, 0.15) is 0 Å². The molecule has 6 rings (SSSR count). The summed E-state index contributed by atoms with van der Waals surface area (Å²) in [6.45, 7) is 8.88. The number of fused-ring (bicyclic) bond motifs is 2. The Morgan fingerprint density at radius 1 is 0.524 bits per heavy atom. The second-order valence-corrected chi connectivity index (χ2v) is 26.3. The summed E-state index contributed by atoms with van der Waals surface area (Å²) in [4.78, 5) is 0. The second kappa shape index (κ2) is 12.5. The van der Waals surface area contributed by atoms with Crippen LogP contribution < -0.4 is 0 Å². The Hall–Kier alpha value is -2.71. The first-order valence-electron chi connectivity index (χ1n) is 16.2. The van der Waals surface area contributed by atoms with E-state index in [1.54, 1.807) is 33.4 Å².